The number of ether oxygens (including phenoxy) is 1. The van der Waals surface area contributed by atoms with E-state index in [2.05, 4.69) is 4.98 Å². The number of aliphatic hydroxyl groups is 1. The van der Waals surface area contributed by atoms with Gasteiger partial charge in [0.1, 0.15) is 17.4 Å². The van der Waals surface area contributed by atoms with E-state index in [4.69, 9.17) is 4.74 Å². The molecule has 3 aromatic rings. The van der Waals surface area contributed by atoms with Gasteiger partial charge in [0.15, 0.2) is 12.2 Å². The summed E-state index contributed by atoms with van der Waals surface area (Å²) >= 11 is 0. The summed E-state index contributed by atoms with van der Waals surface area (Å²) in [6.45, 7) is -2.15. The molecule has 11 heteroatoms. The van der Waals surface area contributed by atoms with Crippen LogP contribution >= 0.6 is 0 Å². The SMILES string of the molecule is OC(Cn1ccnc1)(c1ccc(F)cc1F)C(F)(F)C12CC(c3ccc(OCC(F)(F)F)cc3)(C1)C2. The summed E-state index contributed by atoms with van der Waals surface area (Å²) in [5.41, 5.74) is -5.29. The van der Waals surface area contributed by atoms with Crippen LogP contribution in [-0.2, 0) is 17.6 Å². The Bertz CT molecular complexity index is 1240. The lowest BCUT2D eigenvalue weighted by atomic mass is 9.30. The van der Waals surface area contributed by atoms with E-state index in [1.165, 1.54) is 35.4 Å². The number of aromatic nitrogens is 2. The van der Waals surface area contributed by atoms with Gasteiger partial charge in [-0.25, -0.2) is 22.5 Å². The van der Waals surface area contributed by atoms with Crippen molar-refractivity contribution in [2.75, 3.05) is 6.61 Å². The summed E-state index contributed by atoms with van der Waals surface area (Å²) in [5, 5.41) is 11.4. The third-order valence-electron chi connectivity index (χ3n) is 7.43. The first-order chi connectivity index (χ1) is 16.8. The number of hydrogen-bond donors (Lipinski definition) is 1. The zero-order chi connectivity index (χ0) is 26.0. The fraction of sp³-hybridized carbons (Fsp3) is 0.400. The molecule has 2 bridgehead atoms. The van der Waals surface area contributed by atoms with E-state index >= 15 is 8.78 Å². The predicted octanol–water partition coefficient (Wildman–Crippen LogP) is 5.75. The van der Waals surface area contributed by atoms with Gasteiger partial charge in [-0.2, -0.15) is 13.2 Å². The van der Waals surface area contributed by atoms with Crippen LogP contribution in [0.1, 0.15) is 30.4 Å². The van der Waals surface area contributed by atoms with E-state index in [1.807, 2.05) is 0 Å². The third kappa shape index (κ3) is 3.75. The van der Waals surface area contributed by atoms with Crippen LogP contribution in [0.5, 0.6) is 5.75 Å². The lowest BCUT2D eigenvalue weighted by Crippen LogP contribution is -2.76. The summed E-state index contributed by atoms with van der Waals surface area (Å²) in [6, 6.07) is 7.91. The molecular weight excluding hydrogens is 493 g/mol. The monoisotopic (exact) mass is 514 g/mol. The van der Waals surface area contributed by atoms with E-state index in [1.54, 1.807) is 12.1 Å². The summed E-state index contributed by atoms with van der Waals surface area (Å²) in [7, 11) is 0. The number of halogens is 7. The summed E-state index contributed by atoms with van der Waals surface area (Å²) in [4.78, 5) is 3.79. The van der Waals surface area contributed by atoms with E-state index < -0.39 is 58.9 Å². The molecule has 4 nitrogen and oxygen atoms in total. The number of rotatable bonds is 8. The van der Waals surface area contributed by atoms with Crippen LogP contribution in [0.2, 0.25) is 0 Å². The second-order valence-electron chi connectivity index (χ2n) is 9.81. The van der Waals surface area contributed by atoms with Crippen molar-refractivity contribution < 1.29 is 40.6 Å². The van der Waals surface area contributed by atoms with Gasteiger partial charge >= 0.3 is 6.18 Å². The van der Waals surface area contributed by atoms with E-state index in [0.29, 0.717) is 11.6 Å². The Hall–Kier alpha value is -3.08. The number of imidazole rings is 1. The van der Waals surface area contributed by atoms with Gasteiger partial charge in [0.25, 0.3) is 5.92 Å². The fourth-order valence-corrected chi connectivity index (χ4v) is 5.76. The molecule has 6 rings (SSSR count). The smallest absolute Gasteiger partial charge is 0.422 e. The number of hydrogen-bond acceptors (Lipinski definition) is 3. The van der Waals surface area contributed by atoms with E-state index in [9.17, 15) is 27.1 Å². The molecular formula is C25H21F7N2O2. The minimum Gasteiger partial charge on any atom is -0.484 e. The van der Waals surface area contributed by atoms with Crippen molar-refractivity contribution in [2.45, 2.75) is 48.9 Å². The maximum absolute atomic E-state index is 16.2. The summed E-state index contributed by atoms with van der Waals surface area (Å²) in [5.74, 6) is -6.05. The highest BCUT2D eigenvalue weighted by atomic mass is 19.4. The number of nitrogens with zero attached hydrogens (tertiary/aromatic N) is 2. The highest BCUT2D eigenvalue weighted by Crippen LogP contribution is 2.80. The van der Waals surface area contributed by atoms with Gasteiger partial charge < -0.3 is 14.4 Å². The lowest BCUT2D eigenvalue weighted by molar-refractivity contribution is -0.347. The molecule has 36 heavy (non-hydrogen) atoms. The van der Waals surface area contributed by atoms with Gasteiger partial charge in [-0.05, 0) is 54.5 Å². The molecule has 3 aliphatic carbocycles. The summed E-state index contributed by atoms with van der Waals surface area (Å²) in [6.07, 6.45) is -0.608. The third-order valence-corrected chi connectivity index (χ3v) is 7.43. The second-order valence-corrected chi connectivity index (χ2v) is 9.81. The van der Waals surface area contributed by atoms with Crippen molar-refractivity contribution in [2.24, 2.45) is 5.41 Å². The minimum atomic E-state index is -4.48. The van der Waals surface area contributed by atoms with Gasteiger partial charge in [0.05, 0.1) is 12.9 Å². The van der Waals surface area contributed by atoms with Crippen molar-refractivity contribution in [1.29, 1.82) is 0 Å². The highest BCUT2D eigenvalue weighted by molar-refractivity contribution is 5.44. The van der Waals surface area contributed by atoms with Crippen molar-refractivity contribution in [3.8, 4) is 5.75 Å². The lowest BCUT2D eigenvalue weighted by Gasteiger charge is -2.74. The molecule has 3 fully saturated rings. The van der Waals surface area contributed by atoms with Gasteiger partial charge in [0.2, 0.25) is 0 Å². The standard InChI is InChI=1S/C25H21F7N2O2/c26-17-3-6-19(20(27)9-17)23(35,13-34-8-7-33-15-34)25(31,32)22-10-21(11-22,12-22)16-1-4-18(5-2-16)36-14-24(28,29)30/h1-9,15,35H,10-14H2. The predicted molar refractivity (Wildman–Crippen MR) is 113 cm³/mol. The maximum atomic E-state index is 16.2. The first-order valence-electron chi connectivity index (χ1n) is 11.1. The molecule has 0 amide bonds. The van der Waals surface area contributed by atoms with Crippen molar-refractivity contribution in [3.05, 3.63) is 83.9 Å². The molecule has 1 N–H and O–H groups in total. The van der Waals surface area contributed by atoms with Crippen LogP contribution in [0, 0.1) is 17.0 Å². The normalized spacial score (nSPS) is 25.0. The largest absolute Gasteiger partial charge is 0.484 e. The topological polar surface area (TPSA) is 47.3 Å². The molecule has 1 aromatic heterocycles. The molecule has 192 valence electrons. The first kappa shape index (κ1) is 24.6. The van der Waals surface area contributed by atoms with Crippen molar-refractivity contribution >= 4 is 0 Å². The van der Waals surface area contributed by atoms with E-state index in [-0.39, 0.29) is 25.0 Å². The maximum Gasteiger partial charge on any atom is 0.422 e. The van der Waals surface area contributed by atoms with Crippen LogP contribution < -0.4 is 4.74 Å². The summed E-state index contributed by atoms with van der Waals surface area (Å²) < 4.78 is 104. The Labute approximate surface area is 201 Å². The second kappa shape index (κ2) is 7.96. The van der Waals surface area contributed by atoms with Crippen LogP contribution in [0.25, 0.3) is 0 Å². The number of benzene rings is 2. The van der Waals surface area contributed by atoms with Crippen LogP contribution in [0.4, 0.5) is 30.7 Å². The van der Waals surface area contributed by atoms with Gasteiger partial charge in [-0.3, -0.25) is 0 Å². The van der Waals surface area contributed by atoms with Crippen LogP contribution in [0.15, 0.2) is 61.2 Å². The van der Waals surface area contributed by atoms with Crippen molar-refractivity contribution in [3.63, 3.8) is 0 Å². The molecule has 3 aliphatic rings. The molecule has 1 heterocycles. The van der Waals surface area contributed by atoms with Gasteiger partial charge in [0, 0.05) is 29.4 Å². The Morgan fingerprint density at radius 3 is 2.19 bits per heavy atom. The van der Waals surface area contributed by atoms with Gasteiger partial charge in [-0.1, -0.05) is 12.1 Å². The van der Waals surface area contributed by atoms with Crippen LogP contribution in [0.3, 0.4) is 0 Å². The quantitative estimate of drug-likeness (QED) is 0.390. The minimum absolute atomic E-state index is 0.00390. The Kier molecular flexibility index (Phi) is 5.44. The molecule has 0 radical (unpaired) electrons. The zero-order valence-electron chi connectivity index (χ0n) is 18.7. The highest BCUT2D eigenvalue weighted by Gasteiger charge is 2.82. The molecule has 0 aliphatic heterocycles. The Morgan fingerprint density at radius 1 is 0.972 bits per heavy atom. The number of alkyl halides is 5. The van der Waals surface area contributed by atoms with Crippen molar-refractivity contribution in [1.82, 2.24) is 9.55 Å². The Balaban J connectivity index is 1.39. The molecule has 0 saturated heterocycles. The average Bonchev–Trinajstić information content (AvgIpc) is 3.23. The van der Waals surface area contributed by atoms with Crippen LogP contribution in [-0.4, -0.2) is 33.4 Å². The fourth-order valence-electron chi connectivity index (χ4n) is 5.76. The van der Waals surface area contributed by atoms with Gasteiger partial charge in [-0.15, -0.1) is 0 Å². The zero-order valence-corrected chi connectivity index (χ0v) is 18.7. The van der Waals surface area contributed by atoms with E-state index in [0.717, 1.165) is 12.1 Å². The molecule has 2 aromatic carbocycles. The molecule has 1 unspecified atom stereocenters. The molecule has 0 spiro atoms. The Morgan fingerprint density at radius 2 is 1.64 bits per heavy atom. The average molecular weight is 514 g/mol. The molecule has 1 atom stereocenters. The first-order valence-corrected chi connectivity index (χ1v) is 11.1. The molecule has 3 saturated carbocycles.